The van der Waals surface area contributed by atoms with E-state index in [0.29, 0.717) is 45.7 Å². The number of rotatable bonds is 3. The Morgan fingerprint density at radius 1 is 1.18 bits per heavy atom. The molecule has 1 aliphatic heterocycles. The molecule has 1 saturated heterocycles. The number of carbonyl (C=O) groups is 2. The fraction of sp³-hybridized carbons (Fsp3) is 0.263. The molecule has 0 aliphatic carbocycles. The smallest absolute Gasteiger partial charge is 0.254 e. The lowest BCUT2D eigenvalue weighted by Crippen LogP contribution is -2.43. The third-order valence-corrected chi connectivity index (χ3v) is 5.43. The number of halogens is 2. The van der Waals surface area contributed by atoms with Crippen LogP contribution >= 0.6 is 23.2 Å². The Labute approximate surface area is 171 Å². The topological polar surface area (TPSA) is 79.6 Å². The Morgan fingerprint density at radius 3 is 2.79 bits per heavy atom. The number of benzene rings is 1. The summed E-state index contributed by atoms with van der Waals surface area (Å²) >= 11 is 11.9. The van der Waals surface area contributed by atoms with Gasteiger partial charge in [0.15, 0.2) is 5.65 Å². The number of aromatic nitrogens is 3. The first-order chi connectivity index (χ1) is 13.4. The Hall–Kier alpha value is -2.64. The van der Waals surface area contributed by atoms with Crippen LogP contribution in [0.5, 0.6) is 0 Å². The molecule has 1 aromatic carbocycles. The van der Waals surface area contributed by atoms with Crippen molar-refractivity contribution in [2.24, 2.45) is 0 Å². The van der Waals surface area contributed by atoms with E-state index in [4.69, 9.17) is 23.2 Å². The maximum absolute atomic E-state index is 12.9. The molecule has 9 heteroatoms. The van der Waals surface area contributed by atoms with Gasteiger partial charge in [0.1, 0.15) is 11.9 Å². The highest BCUT2D eigenvalue weighted by atomic mass is 35.5. The van der Waals surface area contributed by atoms with Crippen LogP contribution in [-0.4, -0.2) is 43.9 Å². The molecule has 2 amide bonds. The maximum Gasteiger partial charge on any atom is 0.254 e. The Balaban J connectivity index is 1.52. The lowest BCUT2D eigenvalue weighted by molar-refractivity contribution is -0.119. The number of nitrogens with one attached hydrogen (secondary N) is 1. The molecule has 4 rings (SSSR count). The summed E-state index contributed by atoms with van der Waals surface area (Å²) in [7, 11) is 0. The van der Waals surface area contributed by atoms with Gasteiger partial charge >= 0.3 is 0 Å². The quantitative estimate of drug-likeness (QED) is 0.705. The molecule has 2 aromatic heterocycles. The molecule has 3 aromatic rings. The molecule has 1 fully saturated rings. The summed E-state index contributed by atoms with van der Waals surface area (Å²) in [6.07, 6.45) is 3.06. The van der Waals surface area contributed by atoms with Gasteiger partial charge in [-0.15, -0.1) is 0 Å². The summed E-state index contributed by atoms with van der Waals surface area (Å²) in [5.74, 6) is 0.179. The highest BCUT2D eigenvalue weighted by Gasteiger charge is 2.34. The van der Waals surface area contributed by atoms with Crippen LogP contribution in [0.25, 0.3) is 5.65 Å². The number of hydrogen-bond donors (Lipinski definition) is 1. The van der Waals surface area contributed by atoms with E-state index in [1.54, 1.807) is 46.8 Å². The molecule has 0 radical (unpaired) electrons. The van der Waals surface area contributed by atoms with E-state index < -0.39 is 6.04 Å². The van der Waals surface area contributed by atoms with Crippen LogP contribution in [0, 0.1) is 6.92 Å². The first-order valence-corrected chi connectivity index (χ1v) is 9.58. The number of anilines is 1. The molecule has 1 unspecified atom stereocenters. The van der Waals surface area contributed by atoms with Crippen molar-refractivity contribution in [3.8, 4) is 0 Å². The van der Waals surface area contributed by atoms with Crippen molar-refractivity contribution in [2.45, 2.75) is 25.8 Å². The van der Waals surface area contributed by atoms with E-state index in [0.717, 1.165) is 6.42 Å². The first-order valence-electron chi connectivity index (χ1n) is 8.82. The Kier molecular flexibility index (Phi) is 4.95. The first kappa shape index (κ1) is 18.7. The summed E-state index contributed by atoms with van der Waals surface area (Å²) in [5, 5.41) is 7.81. The van der Waals surface area contributed by atoms with Crippen LogP contribution in [0.15, 0.2) is 36.5 Å². The van der Waals surface area contributed by atoms with Crippen molar-refractivity contribution < 1.29 is 9.59 Å². The van der Waals surface area contributed by atoms with Gasteiger partial charge in [-0.2, -0.15) is 5.10 Å². The van der Waals surface area contributed by atoms with E-state index in [9.17, 15) is 9.59 Å². The Morgan fingerprint density at radius 2 is 2.00 bits per heavy atom. The number of fused-ring (bicyclic) bond motifs is 1. The van der Waals surface area contributed by atoms with Crippen LogP contribution in [0.3, 0.4) is 0 Å². The van der Waals surface area contributed by atoms with E-state index in [1.165, 1.54) is 6.07 Å². The van der Waals surface area contributed by atoms with Crippen LogP contribution < -0.4 is 5.32 Å². The second-order valence-corrected chi connectivity index (χ2v) is 7.47. The van der Waals surface area contributed by atoms with Crippen molar-refractivity contribution >= 4 is 46.4 Å². The van der Waals surface area contributed by atoms with E-state index in [2.05, 4.69) is 15.4 Å². The van der Waals surface area contributed by atoms with Crippen molar-refractivity contribution in [2.75, 3.05) is 11.9 Å². The monoisotopic (exact) mass is 417 g/mol. The van der Waals surface area contributed by atoms with Gasteiger partial charge in [-0.25, -0.2) is 9.50 Å². The highest BCUT2D eigenvalue weighted by molar-refractivity contribution is 6.42. The third kappa shape index (κ3) is 3.55. The second kappa shape index (κ2) is 7.41. The van der Waals surface area contributed by atoms with Crippen LogP contribution in [0.4, 0.5) is 5.69 Å². The predicted molar refractivity (Wildman–Crippen MR) is 107 cm³/mol. The van der Waals surface area contributed by atoms with E-state index >= 15 is 0 Å². The molecule has 1 aliphatic rings. The fourth-order valence-electron chi connectivity index (χ4n) is 3.37. The van der Waals surface area contributed by atoms with Gasteiger partial charge in [0.2, 0.25) is 5.91 Å². The van der Waals surface area contributed by atoms with Gasteiger partial charge in [-0.05, 0) is 50.1 Å². The minimum Gasteiger partial charge on any atom is -0.327 e. The average Bonchev–Trinajstić information content (AvgIpc) is 3.28. The molecule has 28 heavy (non-hydrogen) atoms. The summed E-state index contributed by atoms with van der Waals surface area (Å²) in [6.45, 7) is 2.31. The number of likely N-dealkylation sites (tertiary alicyclic amines) is 1. The van der Waals surface area contributed by atoms with Gasteiger partial charge in [0.25, 0.3) is 5.91 Å². The number of carbonyl (C=O) groups excluding carboxylic acids is 2. The molecule has 1 atom stereocenters. The average molecular weight is 418 g/mol. The van der Waals surface area contributed by atoms with Crippen molar-refractivity contribution in [1.82, 2.24) is 19.5 Å². The molecule has 0 bridgehead atoms. The highest BCUT2D eigenvalue weighted by Crippen LogP contribution is 2.26. The molecule has 144 valence electrons. The molecule has 0 spiro atoms. The van der Waals surface area contributed by atoms with Gasteiger partial charge in [0, 0.05) is 12.1 Å². The molecule has 1 N–H and O–H groups in total. The van der Waals surface area contributed by atoms with E-state index in [-0.39, 0.29) is 11.8 Å². The van der Waals surface area contributed by atoms with Crippen molar-refractivity contribution in [1.29, 1.82) is 0 Å². The summed E-state index contributed by atoms with van der Waals surface area (Å²) in [6, 6.07) is 7.72. The third-order valence-electron chi connectivity index (χ3n) is 4.69. The van der Waals surface area contributed by atoms with Crippen molar-refractivity contribution in [3.63, 3.8) is 0 Å². The zero-order chi connectivity index (χ0) is 19.8. The molecular formula is C19H17Cl2N5O2. The lowest BCUT2D eigenvalue weighted by Gasteiger charge is -2.24. The maximum atomic E-state index is 12.9. The summed E-state index contributed by atoms with van der Waals surface area (Å²) in [5.41, 5.74) is 1.71. The number of amides is 2. The largest absolute Gasteiger partial charge is 0.327 e. The number of aryl methyl sites for hydroxylation is 1. The standard InChI is InChI=1S/C19H17Cl2N5O2/c1-11-22-17-7-5-13(10-26(17)24-11)23-18(27)16-3-2-8-25(16)19(28)12-4-6-14(20)15(21)9-12/h4-7,9-10,16H,2-3,8H2,1H3,(H,23,27). The normalized spacial score (nSPS) is 16.5. The van der Waals surface area contributed by atoms with Crippen LogP contribution in [-0.2, 0) is 4.79 Å². The zero-order valence-corrected chi connectivity index (χ0v) is 16.5. The van der Waals surface area contributed by atoms with Gasteiger partial charge < -0.3 is 10.2 Å². The lowest BCUT2D eigenvalue weighted by atomic mass is 10.1. The molecule has 0 saturated carbocycles. The predicted octanol–water partition coefficient (Wildman–Crippen LogP) is 3.59. The minimum absolute atomic E-state index is 0.234. The fourth-order valence-corrected chi connectivity index (χ4v) is 3.67. The van der Waals surface area contributed by atoms with Crippen LogP contribution in [0.2, 0.25) is 10.0 Å². The van der Waals surface area contributed by atoms with Gasteiger partial charge in [-0.3, -0.25) is 9.59 Å². The molecular weight excluding hydrogens is 401 g/mol. The summed E-state index contributed by atoms with van der Waals surface area (Å²) < 4.78 is 1.61. The number of hydrogen-bond acceptors (Lipinski definition) is 4. The van der Waals surface area contributed by atoms with Crippen molar-refractivity contribution in [3.05, 3.63) is 58.0 Å². The SMILES string of the molecule is Cc1nc2ccc(NC(=O)C3CCCN3C(=O)c3ccc(Cl)c(Cl)c3)cn2n1. The summed E-state index contributed by atoms with van der Waals surface area (Å²) in [4.78, 5) is 31.5. The minimum atomic E-state index is -0.546. The van der Waals surface area contributed by atoms with Gasteiger partial charge in [0.05, 0.1) is 21.9 Å². The number of nitrogens with zero attached hydrogens (tertiary/aromatic N) is 4. The van der Waals surface area contributed by atoms with E-state index in [1.807, 2.05) is 0 Å². The second-order valence-electron chi connectivity index (χ2n) is 6.65. The van der Waals surface area contributed by atoms with Crippen LogP contribution in [0.1, 0.15) is 29.0 Å². The zero-order valence-electron chi connectivity index (χ0n) is 15.0. The Bertz CT molecular complexity index is 1080. The molecule has 7 nitrogen and oxygen atoms in total. The number of pyridine rings is 1. The molecule has 3 heterocycles. The van der Waals surface area contributed by atoms with Gasteiger partial charge in [-0.1, -0.05) is 23.2 Å².